The van der Waals surface area contributed by atoms with Crippen molar-refractivity contribution in [1.29, 1.82) is 0 Å². The lowest BCUT2D eigenvalue weighted by Gasteiger charge is -2.33. The average Bonchev–Trinajstić information content (AvgIpc) is 2.73. The molecule has 3 rings (SSSR count). The summed E-state index contributed by atoms with van der Waals surface area (Å²) in [6.45, 7) is 9.72. The molecule has 90 valence electrons. The number of fused-ring (bicyclic) bond motifs is 3. The van der Waals surface area contributed by atoms with Gasteiger partial charge in [-0.05, 0) is 32.1 Å². The highest BCUT2D eigenvalue weighted by Crippen LogP contribution is 2.46. The summed E-state index contributed by atoms with van der Waals surface area (Å²) in [5, 5.41) is 0. The summed E-state index contributed by atoms with van der Waals surface area (Å²) in [5.41, 5.74) is 3.67. The molecule has 0 amide bonds. The molecule has 3 aliphatic heterocycles. The van der Waals surface area contributed by atoms with Crippen LogP contribution in [-0.4, -0.2) is 29.1 Å². The van der Waals surface area contributed by atoms with E-state index in [-0.39, 0.29) is 0 Å². The molecule has 2 fully saturated rings. The van der Waals surface area contributed by atoms with Crippen LogP contribution in [0, 0.1) is 5.41 Å². The summed E-state index contributed by atoms with van der Waals surface area (Å²) in [4.78, 5) is 5.43. The van der Waals surface area contributed by atoms with E-state index < -0.39 is 0 Å². The lowest BCUT2D eigenvalue weighted by Crippen LogP contribution is -2.38. The zero-order valence-corrected chi connectivity index (χ0v) is 10.9. The van der Waals surface area contributed by atoms with E-state index in [1.54, 1.807) is 11.4 Å². The first-order chi connectivity index (χ1) is 7.59. The van der Waals surface area contributed by atoms with Crippen molar-refractivity contribution in [3.63, 3.8) is 0 Å². The molecule has 0 radical (unpaired) electrons. The molecule has 1 atom stereocenters. The highest BCUT2D eigenvalue weighted by Gasteiger charge is 2.44. The molecule has 1 unspecified atom stereocenters. The fourth-order valence-corrected chi connectivity index (χ4v) is 3.80. The van der Waals surface area contributed by atoms with Crippen molar-refractivity contribution in [2.24, 2.45) is 5.41 Å². The van der Waals surface area contributed by atoms with Crippen LogP contribution >= 0.6 is 0 Å². The van der Waals surface area contributed by atoms with Gasteiger partial charge in [0.15, 0.2) is 0 Å². The molecule has 0 N–H and O–H groups in total. The Morgan fingerprint density at radius 1 is 1.00 bits per heavy atom. The van der Waals surface area contributed by atoms with Gasteiger partial charge < -0.3 is 9.80 Å². The van der Waals surface area contributed by atoms with Crippen molar-refractivity contribution >= 4 is 0 Å². The summed E-state index contributed by atoms with van der Waals surface area (Å²) < 4.78 is 0. The number of hydrogen-bond acceptors (Lipinski definition) is 2. The molecule has 3 aliphatic rings. The van der Waals surface area contributed by atoms with Gasteiger partial charge in [-0.1, -0.05) is 20.8 Å². The van der Waals surface area contributed by atoms with Gasteiger partial charge in [0.2, 0.25) is 0 Å². The molecule has 2 nitrogen and oxygen atoms in total. The normalized spacial score (nSPS) is 29.8. The van der Waals surface area contributed by atoms with Gasteiger partial charge >= 0.3 is 0 Å². The van der Waals surface area contributed by atoms with Crippen LogP contribution < -0.4 is 0 Å². The van der Waals surface area contributed by atoms with Gasteiger partial charge in [0.05, 0.1) is 0 Å². The first-order valence-electron chi connectivity index (χ1n) is 6.86. The van der Waals surface area contributed by atoms with E-state index >= 15 is 0 Å². The highest BCUT2D eigenvalue weighted by molar-refractivity contribution is 5.27. The fourth-order valence-electron chi connectivity index (χ4n) is 3.80. The second-order valence-electron chi connectivity index (χ2n) is 6.51. The van der Waals surface area contributed by atoms with Gasteiger partial charge in [-0.2, -0.15) is 0 Å². The topological polar surface area (TPSA) is 6.48 Å². The lowest BCUT2D eigenvalue weighted by molar-refractivity contribution is 0.152. The zero-order valence-electron chi connectivity index (χ0n) is 10.9. The van der Waals surface area contributed by atoms with Gasteiger partial charge in [-0.15, -0.1) is 0 Å². The first-order valence-corrected chi connectivity index (χ1v) is 6.86. The smallest absolute Gasteiger partial charge is 0.101 e. The van der Waals surface area contributed by atoms with E-state index in [4.69, 9.17) is 0 Å². The second-order valence-corrected chi connectivity index (χ2v) is 6.51. The Morgan fingerprint density at radius 3 is 2.50 bits per heavy atom. The predicted molar refractivity (Wildman–Crippen MR) is 66.8 cm³/mol. The Balaban J connectivity index is 2.02. The lowest BCUT2D eigenvalue weighted by atomic mass is 9.88. The number of nitrogens with zero attached hydrogens (tertiary/aromatic N) is 2. The quantitative estimate of drug-likeness (QED) is 0.618. The molecule has 0 bridgehead atoms. The van der Waals surface area contributed by atoms with E-state index in [1.807, 2.05) is 0 Å². The first kappa shape index (κ1) is 10.5. The maximum Gasteiger partial charge on any atom is 0.101 e. The minimum absolute atomic E-state index is 0.323. The molecule has 3 heterocycles. The van der Waals surface area contributed by atoms with Crippen LogP contribution in [0.4, 0.5) is 0 Å². The molecule has 0 aromatic heterocycles. The van der Waals surface area contributed by atoms with Crippen LogP contribution in [0.25, 0.3) is 0 Å². The third-order valence-electron chi connectivity index (χ3n) is 4.26. The van der Waals surface area contributed by atoms with Crippen molar-refractivity contribution < 1.29 is 0 Å². The van der Waals surface area contributed by atoms with Crippen LogP contribution in [0.15, 0.2) is 11.4 Å². The molecule has 0 aliphatic carbocycles. The predicted octanol–water partition coefficient (Wildman–Crippen LogP) is 3.17. The molecule has 0 aromatic carbocycles. The molecule has 16 heavy (non-hydrogen) atoms. The van der Waals surface area contributed by atoms with Crippen LogP contribution in [-0.2, 0) is 0 Å². The Hall–Kier alpha value is -0.660. The maximum atomic E-state index is 2.72. The van der Waals surface area contributed by atoms with Crippen LogP contribution in [0.5, 0.6) is 0 Å². The Kier molecular flexibility index (Phi) is 2.24. The van der Waals surface area contributed by atoms with Crippen molar-refractivity contribution in [3.8, 4) is 0 Å². The van der Waals surface area contributed by atoms with Crippen LogP contribution in [0.3, 0.4) is 0 Å². The van der Waals surface area contributed by atoms with Gasteiger partial charge in [-0.25, -0.2) is 0 Å². The summed E-state index contributed by atoms with van der Waals surface area (Å²) in [6.07, 6.45) is 7.60. The number of piperidine rings is 1. The molecular weight excluding hydrogens is 196 g/mol. The highest BCUT2D eigenvalue weighted by atomic mass is 15.4. The standard InChI is InChI=1S/C14H24N2/c1-14(2,3)13-11-7-4-5-9-15(11)12-8-6-10-16(12)13/h12H,4-10H2,1-3H3. The average molecular weight is 220 g/mol. The minimum atomic E-state index is 0.323. The van der Waals surface area contributed by atoms with Gasteiger partial charge in [0.1, 0.15) is 6.17 Å². The van der Waals surface area contributed by atoms with Gasteiger partial charge in [-0.3, -0.25) is 0 Å². The number of hydrogen-bond donors (Lipinski definition) is 0. The third-order valence-corrected chi connectivity index (χ3v) is 4.26. The van der Waals surface area contributed by atoms with Crippen LogP contribution in [0.1, 0.15) is 52.9 Å². The van der Waals surface area contributed by atoms with E-state index in [0.29, 0.717) is 5.41 Å². The Bertz CT molecular complexity index is 324. The van der Waals surface area contributed by atoms with Crippen molar-refractivity contribution in [1.82, 2.24) is 9.80 Å². The zero-order chi connectivity index (χ0) is 11.3. The summed E-state index contributed by atoms with van der Waals surface area (Å²) >= 11 is 0. The van der Waals surface area contributed by atoms with Crippen molar-refractivity contribution in [2.75, 3.05) is 13.1 Å². The number of allylic oxidation sites excluding steroid dienone is 2. The van der Waals surface area contributed by atoms with Gasteiger partial charge in [0, 0.05) is 29.9 Å². The SMILES string of the molecule is CC(C)(C)C1=C2CCCCN2C2CCCN12. The summed E-state index contributed by atoms with van der Waals surface area (Å²) in [5.74, 6) is 0. The van der Waals surface area contributed by atoms with Crippen molar-refractivity contribution in [2.45, 2.75) is 59.0 Å². The molecule has 0 aromatic rings. The summed E-state index contributed by atoms with van der Waals surface area (Å²) in [7, 11) is 0. The monoisotopic (exact) mass is 220 g/mol. The molecule has 0 spiro atoms. The van der Waals surface area contributed by atoms with Gasteiger partial charge in [0.25, 0.3) is 0 Å². The van der Waals surface area contributed by atoms with Crippen molar-refractivity contribution in [3.05, 3.63) is 11.4 Å². The van der Waals surface area contributed by atoms with E-state index in [0.717, 1.165) is 6.17 Å². The third kappa shape index (κ3) is 1.38. The molecule has 0 saturated carbocycles. The second kappa shape index (κ2) is 3.41. The van der Waals surface area contributed by atoms with E-state index in [9.17, 15) is 0 Å². The minimum Gasteiger partial charge on any atom is -0.353 e. The molecule has 2 heteroatoms. The van der Waals surface area contributed by atoms with E-state index in [2.05, 4.69) is 30.6 Å². The maximum absolute atomic E-state index is 2.72. The van der Waals surface area contributed by atoms with Crippen LogP contribution in [0.2, 0.25) is 0 Å². The Morgan fingerprint density at radius 2 is 1.75 bits per heavy atom. The molecular formula is C14H24N2. The summed E-state index contributed by atoms with van der Waals surface area (Å²) in [6, 6.07) is 0. The Labute approximate surface area is 99.3 Å². The van der Waals surface area contributed by atoms with E-state index in [1.165, 1.54) is 45.2 Å². The fraction of sp³-hybridized carbons (Fsp3) is 0.857. The molecule has 2 saturated heterocycles. The number of rotatable bonds is 0. The largest absolute Gasteiger partial charge is 0.353 e.